The normalized spacial score (nSPS) is 12.0. The second kappa shape index (κ2) is 8.68. The maximum atomic E-state index is 14.4. The van der Waals surface area contributed by atoms with Crippen molar-refractivity contribution in [3.05, 3.63) is 83.0 Å². The molecule has 0 spiro atoms. The van der Waals surface area contributed by atoms with Gasteiger partial charge in [-0.25, -0.2) is 16.8 Å². The zero-order valence-electron chi connectivity index (χ0n) is 15.1. The predicted octanol–water partition coefficient (Wildman–Crippen LogP) is 3.95. The van der Waals surface area contributed by atoms with Crippen LogP contribution < -0.4 is 5.32 Å². The summed E-state index contributed by atoms with van der Waals surface area (Å²) in [4.78, 5) is 3.98. The number of aromatic nitrogens is 2. The summed E-state index contributed by atoms with van der Waals surface area (Å²) in [5.74, 6) is -0.813. The lowest BCUT2D eigenvalue weighted by molar-refractivity contribution is 0.590. The molecule has 1 aromatic carbocycles. The van der Waals surface area contributed by atoms with Crippen molar-refractivity contribution in [2.24, 2.45) is 0 Å². The highest BCUT2D eigenvalue weighted by Gasteiger charge is 2.24. The van der Waals surface area contributed by atoms with Crippen molar-refractivity contribution in [2.75, 3.05) is 12.8 Å². The van der Waals surface area contributed by atoms with Gasteiger partial charge >= 0.3 is 0 Å². The summed E-state index contributed by atoms with van der Waals surface area (Å²) in [5.41, 5.74) is 1.72. The summed E-state index contributed by atoms with van der Waals surface area (Å²) in [6.45, 7) is 0.355. The van der Waals surface area contributed by atoms with Crippen LogP contribution in [0.1, 0.15) is 11.1 Å². The van der Waals surface area contributed by atoms with Crippen LogP contribution in [-0.4, -0.2) is 30.2 Å². The lowest BCUT2D eigenvalue weighted by atomic mass is 10.1. The minimum Gasteiger partial charge on any atom is -0.316 e. The number of rotatable bonds is 7. The Morgan fingerprint density at radius 3 is 2.71 bits per heavy atom. The van der Waals surface area contributed by atoms with Crippen molar-refractivity contribution >= 4 is 27.7 Å². The lowest BCUT2D eigenvalue weighted by Crippen LogP contribution is -2.17. The fourth-order valence-electron chi connectivity index (χ4n) is 2.82. The standard InChI is InChI=1S/C20H19ClFN3O2S/c1-23-14-16-12-19(17-8-2-3-9-18(17)22)25(20(16)21)28(26,27)11-5-7-15-6-4-10-24-13-15/h2-10,12-13,23H,11,14H2,1H3. The van der Waals surface area contributed by atoms with Gasteiger partial charge in [-0.15, -0.1) is 0 Å². The van der Waals surface area contributed by atoms with Gasteiger partial charge in [0.15, 0.2) is 0 Å². The molecule has 0 saturated heterocycles. The highest BCUT2D eigenvalue weighted by atomic mass is 35.5. The number of pyridine rings is 1. The molecule has 2 heterocycles. The maximum Gasteiger partial charge on any atom is 0.243 e. The van der Waals surface area contributed by atoms with E-state index in [0.717, 1.165) is 9.54 Å². The van der Waals surface area contributed by atoms with Crippen LogP contribution in [0.15, 0.2) is 60.9 Å². The fraction of sp³-hybridized carbons (Fsp3) is 0.150. The zero-order valence-corrected chi connectivity index (χ0v) is 16.7. The molecule has 2 aromatic heterocycles. The van der Waals surface area contributed by atoms with E-state index in [1.807, 2.05) is 6.07 Å². The Labute approximate surface area is 168 Å². The molecule has 3 aromatic rings. The van der Waals surface area contributed by atoms with Crippen LogP contribution >= 0.6 is 11.6 Å². The lowest BCUT2D eigenvalue weighted by Gasteiger charge is -2.11. The number of hydrogen-bond acceptors (Lipinski definition) is 4. The van der Waals surface area contributed by atoms with Crippen molar-refractivity contribution in [3.8, 4) is 11.3 Å². The SMILES string of the molecule is CNCc1cc(-c2ccccc2F)n(S(=O)(=O)CC=Cc2cccnc2)c1Cl. The average molecular weight is 420 g/mol. The molecule has 0 fully saturated rings. The third kappa shape index (κ3) is 4.32. The highest BCUT2D eigenvalue weighted by molar-refractivity contribution is 7.90. The maximum absolute atomic E-state index is 14.4. The molecule has 0 bridgehead atoms. The van der Waals surface area contributed by atoms with Crippen LogP contribution in [0.4, 0.5) is 4.39 Å². The van der Waals surface area contributed by atoms with Gasteiger partial charge in [0.25, 0.3) is 0 Å². The molecular weight excluding hydrogens is 401 g/mol. The summed E-state index contributed by atoms with van der Waals surface area (Å²) in [6.07, 6.45) is 6.45. The Balaban J connectivity index is 2.04. The monoisotopic (exact) mass is 419 g/mol. The second-order valence-electron chi connectivity index (χ2n) is 6.09. The summed E-state index contributed by atoms with van der Waals surface area (Å²) in [6, 6.07) is 11.2. The average Bonchev–Trinajstić information content (AvgIpc) is 3.00. The van der Waals surface area contributed by atoms with Crippen molar-refractivity contribution in [2.45, 2.75) is 6.54 Å². The number of nitrogens with zero attached hydrogens (tertiary/aromatic N) is 2. The number of hydrogen-bond donors (Lipinski definition) is 1. The first-order valence-corrected chi connectivity index (χ1v) is 10.5. The molecule has 0 aliphatic carbocycles. The van der Waals surface area contributed by atoms with E-state index in [0.29, 0.717) is 12.1 Å². The van der Waals surface area contributed by atoms with Gasteiger partial charge < -0.3 is 5.32 Å². The zero-order chi connectivity index (χ0) is 20.1. The van der Waals surface area contributed by atoms with E-state index < -0.39 is 15.8 Å². The van der Waals surface area contributed by atoms with E-state index in [1.165, 1.54) is 18.2 Å². The summed E-state index contributed by atoms with van der Waals surface area (Å²) >= 11 is 6.38. The minimum atomic E-state index is -3.87. The second-order valence-corrected chi connectivity index (χ2v) is 8.31. The molecular formula is C20H19ClFN3O2S. The highest BCUT2D eigenvalue weighted by Crippen LogP contribution is 2.32. The topological polar surface area (TPSA) is 64.0 Å². The van der Waals surface area contributed by atoms with Crippen LogP contribution in [0.5, 0.6) is 0 Å². The quantitative estimate of drug-likeness (QED) is 0.629. The molecule has 0 amide bonds. The predicted molar refractivity (Wildman–Crippen MR) is 110 cm³/mol. The van der Waals surface area contributed by atoms with Crippen LogP contribution in [0.3, 0.4) is 0 Å². The Kier molecular flexibility index (Phi) is 6.28. The van der Waals surface area contributed by atoms with Gasteiger partial charge in [0.1, 0.15) is 11.0 Å². The van der Waals surface area contributed by atoms with Crippen molar-refractivity contribution in [1.29, 1.82) is 0 Å². The smallest absolute Gasteiger partial charge is 0.243 e. The molecule has 0 saturated carbocycles. The first-order valence-electron chi connectivity index (χ1n) is 8.53. The van der Waals surface area contributed by atoms with Crippen LogP contribution in [0.2, 0.25) is 5.15 Å². The number of nitrogens with one attached hydrogen (secondary N) is 1. The van der Waals surface area contributed by atoms with Gasteiger partial charge in [-0.05, 0) is 36.9 Å². The van der Waals surface area contributed by atoms with Crippen molar-refractivity contribution in [3.63, 3.8) is 0 Å². The first-order chi connectivity index (χ1) is 13.4. The summed E-state index contributed by atoms with van der Waals surface area (Å²) < 4.78 is 41.4. The largest absolute Gasteiger partial charge is 0.316 e. The van der Waals surface area contributed by atoms with Crippen LogP contribution in [0.25, 0.3) is 17.3 Å². The van der Waals surface area contributed by atoms with Crippen LogP contribution in [0, 0.1) is 5.82 Å². The van der Waals surface area contributed by atoms with Gasteiger partial charge in [0, 0.05) is 30.1 Å². The Morgan fingerprint density at radius 1 is 1.25 bits per heavy atom. The van der Waals surface area contributed by atoms with E-state index in [2.05, 4.69) is 10.3 Å². The van der Waals surface area contributed by atoms with Gasteiger partial charge in [0.05, 0.1) is 11.4 Å². The van der Waals surface area contributed by atoms with Gasteiger partial charge in [-0.1, -0.05) is 42.0 Å². The van der Waals surface area contributed by atoms with Gasteiger partial charge in [-0.2, -0.15) is 0 Å². The minimum absolute atomic E-state index is 0.0439. The van der Waals surface area contributed by atoms with E-state index in [1.54, 1.807) is 49.8 Å². The molecule has 5 nitrogen and oxygen atoms in total. The molecule has 146 valence electrons. The third-order valence-corrected chi connectivity index (χ3v) is 6.13. The molecule has 0 atom stereocenters. The molecule has 8 heteroatoms. The third-order valence-electron chi connectivity index (χ3n) is 4.07. The Hall–Kier alpha value is -2.48. The van der Waals surface area contributed by atoms with Gasteiger partial charge in [0.2, 0.25) is 10.0 Å². The van der Waals surface area contributed by atoms with E-state index in [4.69, 9.17) is 11.6 Å². The molecule has 3 rings (SSSR count). The van der Waals surface area contributed by atoms with E-state index in [9.17, 15) is 12.8 Å². The molecule has 28 heavy (non-hydrogen) atoms. The molecule has 0 radical (unpaired) electrons. The summed E-state index contributed by atoms with van der Waals surface area (Å²) in [7, 11) is -2.15. The molecule has 0 aliphatic rings. The fourth-order valence-corrected chi connectivity index (χ4v) is 4.65. The Morgan fingerprint density at radius 2 is 2.04 bits per heavy atom. The first kappa shape index (κ1) is 20.3. The van der Waals surface area contributed by atoms with Gasteiger partial charge in [-0.3, -0.25) is 4.98 Å². The number of halogens is 2. The van der Waals surface area contributed by atoms with Crippen molar-refractivity contribution in [1.82, 2.24) is 14.3 Å². The summed E-state index contributed by atoms with van der Waals surface area (Å²) in [5, 5.41) is 2.98. The molecule has 0 aliphatic heterocycles. The number of benzene rings is 1. The Bertz CT molecular complexity index is 1100. The molecule has 1 N–H and O–H groups in total. The van der Waals surface area contributed by atoms with E-state index >= 15 is 0 Å². The van der Waals surface area contributed by atoms with Crippen molar-refractivity contribution < 1.29 is 12.8 Å². The van der Waals surface area contributed by atoms with Crippen LogP contribution in [-0.2, 0) is 16.6 Å². The van der Waals surface area contributed by atoms with E-state index in [-0.39, 0.29) is 22.2 Å². The molecule has 0 unspecified atom stereocenters.